The highest BCUT2D eigenvalue weighted by Crippen LogP contribution is 2.22. The van der Waals surface area contributed by atoms with Crippen molar-refractivity contribution in [2.24, 2.45) is 5.92 Å². The Labute approximate surface area is 183 Å². The van der Waals surface area contributed by atoms with E-state index in [2.05, 4.69) is 15.1 Å². The normalized spacial score (nSPS) is 27.2. The number of piperidine rings is 1. The summed E-state index contributed by atoms with van der Waals surface area (Å²) in [6.07, 6.45) is 4.47. The molecule has 2 fully saturated rings. The van der Waals surface area contributed by atoms with Crippen molar-refractivity contribution in [2.45, 2.75) is 44.9 Å². The smallest absolute Gasteiger partial charge is 0.237 e. The van der Waals surface area contributed by atoms with Gasteiger partial charge in [-0.1, -0.05) is 36.7 Å². The predicted molar refractivity (Wildman–Crippen MR) is 119 cm³/mol. The zero-order valence-electron chi connectivity index (χ0n) is 17.8. The molecule has 7 heteroatoms. The lowest BCUT2D eigenvalue weighted by atomic mass is 9.93. The fourth-order valence-corrected chi connectivity index (χ4v) is 4.38. The Hall–Kier alpha value is -1.73. The number of aliphatic hydroxyl groups excluding tert-OH is 1. The number of piperazine rings is 1. The average Bonchev–Trinajstić information content (AvgIpc) is 2.72. The summed E-state index contributed by atoms with van der Waals surface area (Å²) in [5.74, 6) is 0.294. The Balaban J connectivity index is 1.71. The third-order valence-corrected chi connectivity index (χ3v) is 6.56. The van der Waals surface area contributed by atoms with E-state index in [1.807, 2.05) is 32.0 Å². The van der Waals surface area contributed by atoms with Gasteiger partial charge in [0.25, 0.3) is 0 Å². The van der Waals surface area contributed by atoms with Crippen LogP contribution < -0.4 is 5.32 Å². The maximum Gasteiger partial charge on any atom is 0.237 e. The molecule has 1 amide bonds. The molecule has 2 aliphatic rings. The Bertz CT molecular complexity index is 785. The molecule has 30 heavy (non-hydrogen) atoms. The van der Waals surface area contributed by atoms with Gasteiger partial charge in [-0.15, -0.1) is 0 Å². The van der Waals surface area contributed by atoms with Crippen LogP contribution in [0.15, 0.2) is 30.3 Å². The van der Waals surface area contributed by atoms with Crippen LogP contribution in [0.5, 0.6) is 0 Å². The fourth-order valence-electron chi connectivity index (χ4n) is 4.18. The summed E-state index contributed by atoms with van der Waals surface area (Å²) in [6, 6.07) is 6.87. The van der Waals surface area contributed by atoms with Gasteiger partial charge in [-0.3, -0.25) is 19.4 Å². The molecule has 0 aromatic heterocycles. The second-order valence-corrected chi connectivity index (χ2v) is 8.86. The quantitative estimate of drug-likeness (QED) is 0.645. The van der Waals surface area contributed by atoms with Crippen LogP contribution in [0.2, 0.25) is 5.02 Å². The zero-order valence-corrected chi connectivity index (χ0v) is 18.5. The minimum Gasteiger partial charge on any atom is -0.392 e. The maximum absolute atomic E-state index is 13.2. The standard InChI is InChI=1S/C23H32ClN3O3/c1-16-8-11-27(15-22(16)29)20(9-12-26-13-10-25-23(30)17(26)2)21(28)7-6-18-4-3-5-19(24)14-18/h3-7,14,16-17,20,22,29H,8-13,15H2,1-2H3,(H,25,30)/b7-6+/t16-,17?,20?,22+/m0/s1. The van der Waals surface area contributed by atoms with Crippen molar-refractivity contribution >= 4 is 29.4 Å². The molecule has 2 aliphatic heterocycles. The Kier molecular flexibility index (Phi) is 8.06. The third kappa shape index (κ3) is 5.91. The van der Waals surface area contributed by atoms with Crippen molar-refractivity contribution in [3.63, 3.8) is 0 Å². The summed E-state index contributed by atoms with van der Waals surface area (Å²) >= 11 is 6.04. The number of aliphatic hydroxyl groups is 1. The minimum atomic E-state index is -0.425. The van der Waals surface area contributed by atoms with E-state index in [1.165, 1.54) is 0 Å². The fraction of sp³-hybridized carbons (Fsp3) is 0.565. The van der Waals surface area contributed by atoms with Crippen LogP contribution in [-0.4, -0.2) is 77.5 Å². The SMILES string of the molecule is CC1C(=O)NCCN1CCC(C(=O)/C=C/c1cccc(Cl)c1)N1CC[C@H](C)[C@H](O)C1. The Morgan fingerprint density at radius 3 is 2.90 bits per heavy atom. The molecule has 0 spiro atoms. The van der Waals surface area contributed by atoms with Gasteiger partial charge >= 0.3 is 0 Å². The van der Waals surface area contributed by atoms with Crippen molar-refractivity contribution in [1.82, 2.24) is 15.1 Å². The maximum atomic E-state index is 13.2. The van der Waals surface area contributed by atoms with Gasteiger partial charge in [-0.2, -0.15) is 0 Å². The van der Waals surface area contributed by atoms with E-state index in [-0.39, 0.29) is 29.7 Å². The van der Waals surface area contributed by atoms with E-state index in [1.54, 1.807) is 18.2 Å². The van der Waals surface area contributed by atoms with E-state index in [9.17, 15) is 14.7 Å². The molecule has 0 radical (unpaired) electrons. The molecule has 3 rings (SSSR count). The topological polar surface area (TPSA) is 72.9 Å². The summed E-state index contributed by atoms with van der Waals surface area (Å²) < 4.78 is 0. The molecule has 6 nitrogen and oxygen atoms in total. The lowest BCUT2D eigenvalue weighted by Gasteiger charge is -2.40. The van der Waals surface area contributed by atoms with Gasteiger partial charge < -0.3 is 10.4 Å². The number of hydrogen-bond donors (Lipinski definition) is 2. The number of β-amino-alcohol motifs (C(OH)–C–C–N with tert-alkyl or cyclic N) is 1. The van der Waals surface area contributed by atoms with Crippen molar-refractivity contribution < 1.29 is 14.7 Å². The van der Waals surface area contributed by atoms with E-state index in [0.717, 1.165) is 25.1 Å². The van der Waals surface area contributed by atoms with Gasteiger partial charge in [-0.25, -0.2) is 0 Å². The van der Waals surface area contributed by atoms with Crippen LogP contribution in [0.25, 0.3) is 6.08 Å². The number of likely N-dealkylation sites (tertiary alicyclic amines) is 1. The summed E-state index contributed by atoms with van der Waals surface area (Å²) in [7, 11) is 0. The van der Waals surface area contributed by atoms with Gasteiger partial charge in [-0.05, 0) is 56.0 Å². The second kappa shape index (κ2) is 10.5. The molecule has 2 saturated heterocycles. The number of rotatable bonds is 7. The zero-order chi connectivity index (χ0) is 21.7. The molecule has 2 heterocycles. The average molecular weight is 434 g/mol. The predicted octanol–water partition coefficient (Wildman–Crippen LogP) is 2.20. The molecule has 2 N–H and O–H groups in total. The summed E-state index contributed by atoms with van der Waals surface area (Å²) in [5, 5.41) is 13.9. The van der Waals surface area contributed by atoms with Crippen LogP contribution in [0.1, 0.15) is 32.3 Å². The highest BCUT2D eigenvalue weighted by molar-refractivity contribution is 6.30. The van der Waals surface area contributed by atoms with Gasteiger partial charge in [0.1, 0.15) is 0 Å². The first-order chi connectivity index (χ1) is 14.3. The number of hydrogen-bond acceptors (Lipinski definition) is 5. The van der Waals surface area contributed by atoms with E-state index < -0.39 is 6.10 Å². The first kappa shape index (κ1) is 22.9. The number of ketones is 1. The van der Waals surface area contributed by atoms with Gasteiger partial charge in [0, 0.05) is 31.2 Å². The molecule has 2 unspecified atom stereocenters. The van der Waals surface area contributed by atoms with Gasteiger partial charge in [0.15, 0.2) is 5.78 Å². The van der Waals surface area contributed by atoms with Crippen molar-refractivity contribution in [3.8, 4) is 0 Å². The van der Waals surface area contributed by atoms with E-state index >= 15 is 0 Å². The molecule has 164 valence electrons. The van der Waals surface area contributed by atoms with E-state index in [4.69, 9.17) is 11.6 Å². The van der Waals surface area contributed by atoms with Crippen LogP contribution >= 0.6 is 11.6 Å². The molecule has 0 aliphatic carbocycles. The largest absolute Gasteiger partial charge is 0.392 e. The lowest BCUT2D eigenvalue weighted by Crippen LogP contribution is -2.56. The first-order valence-electron chi connectivity index (χ1n) is 10.8. The van der Waals surface area contributed by atoms with Crippen LogP contribution in [0.4, 0.5) is 0 Å². The number of halogens is 1. The number of carbonyl (C=O) groups is 2. The Morgan fingerprint density at radius 1 is 1.37 bits per heavy atom. The highest BCUT2D eigenvalue weighted by Gasteiger charge is 2.33. The van der Waals surface area contributed by atoms with Crippen molar-refractivity contribution in [2.75, 3.05) is 32.7 Å². The van der Waals surface area contributed by atoms with Crippen LogP contribution in [-0.2, 0) is 9.59 Å². The summed E-state index contributed by atoms with van der Waals surface area (Å²) in [6.45, 7) is 7.32. The third-order valence-electron chi connectivity index (χ3n) is 6.32. The first-order valence-corrected chi connectivity index (χ1v) is 11.1. The molecule has 1 aromatic rings. The second-order valence-electron chi connectivity index (χ2n) is 8.43. The number of benzene rings is 1. The highest BCUT2D eigenvalue weighted by atomic mass is 35.5. The summed E-state index contributed by atoms with van der Waals surface area (Å²) in [4.78, 5) is 29.4. The van der Waals surface area contributed by atoms with Gasteiger partial charge in [0.05, 0.1) is 18.2 Å². The molecule has 1 aromatic carbocycles. The molecular weight excluding hydrogens is 402 g/mol. The number of nitrogens with zero attached hydrogens (tertiary/aromatic N) is 2. The van der Waals surface area contributed by atoms with Crippen LogP contribution in [0.3, 0.4) is 0 Å². The molecule has 0 saturated carbocycles. The Morgan fingerprint density at radius 2 is 2.17 bits per heavy atom. The summed E-state index contributed by atoms with van der Waals surface area (Å²) in [5.41, 5.74) is 0.878. The van der Waals surface area contributed by atoms with Gasteiger partial charge in [0.2, 0.25) is 5.91 Å². The molecular formula is C23H32ClN3O3. The molecule has 0 bridgehead atoms. The van der Waals surface area contributed by atoms with Crippen molar-refractivity contribution in [3.05, 3.63) is 40.9 Å². The lowest BCUT2D eigenvalue weighted by molar-refractivity contribution is -0.128. The van der Waals surface area contributed by atoms with E-state index in [0.29, 0.717) is 31.1 Å². The minimum absolute atomic E-state index is 0.0193. The number of amides is 1. The monoisotopic (exact) mass is 433 g/mol. The number of nitrogens with one attached hydrogen (secondary N) is 1. The van der Waals surface area contributed by atoms with Crippen molar-refractivity contribution in [1.29, 1.82) is 0 Å². The molecule has 4 atom stereocenters. The van der Waals surface area contributed by atoms with Crippen LogP contribution in [0, 0.1) is 5.92 Å². The number of carbonyl (C=O) groups excluding carboxylic acids is 2.